The summed E-state index contributed by atoms with van der Waals surface area (Å²) in [6.45, 7) is 2.17. The average molecular weight is 336 g/mol. The van der Waals surface area contributed by atoms with Crippen molar-refractivity contribution in [3.63, 3.8) is 0 Å². The van der Waals surface area contributed by atoms with Gasteiger partial charge in [0.25, 0.3) is 5.56 Å². The lowest BCUT2D eigenvalue weighted by Crippen LogP contribution is -2.30. The minimum Gasteiger partial charge on any atom is -0.462 e. The van der Waals surface area contributed by atoms with E-state index in [4.69, 9.17) is 9.47 Å². The molecule has 0 fully saturated rings. The normalized spacial score (nSPS) is 15.4. The highest BCUT2D eigenvalue weighted by Gasteiger charge is 2.23. The van der Waals surface area contributed by atoms with E-state index in [1.165, 1.54) is 15.8 Å². The summed E-state index contributed by atoms with van der Waals surface area (Å²) >= 11 is 1.60. The Labute approximate surface area is 138 Å². The van der Waals surface area contributed by atoms with Crippen molar-refractivity contribution in [3.8, 4) is 0 Å². The quantitative estimate of drug-likeness (QED) is 0.618. The number of rotatable bonds is 5. The fourth-order valence-electron chi connectivity index (χ4n) is 2.89. The van der Waals surface area contributed by atoms with Crippen molar-refractivity contribution < 1.29 is 14.3 Å². The Morgan fingerprint density at radius 1 is 1.39 bits per heavy atom. The molecule has 0 amide bonds. The number of fused-ring (bicyclic) bond motifs is 3. The average Bonchev–Trinajstić information content (AvgIpc) is 2.94. The van der Waals surface area contributed by atoms with Gasteiger partial charge in [-0.2, -0.15) is 0 Å². The number of ether oxygens (including phenoxy) is 2. The van der Waals surface area contributed by atoms with Crippen molar-refractivity contribution in [3.05, 3.63) is 27.1 Å². The first-order valence-electron chi connectivity index (χ1n) is 7.80. The fraction of sp³-hybridized carbons (Fsp3) is 0.562. The molecule has 0 spiro atoms. The zero-order valence-corrected chi connectivity index (χ0v) is 14.1. The van der Waals surface area contributed by atoms with Crippen LogP contribution in [0, 0.1) is 0 Å². The van der Waals surface area contributed by atoms with E-state index in [9.17, 15) is 9.59 Å². The van der Waals surface area contributed by atoms with Crippen LogP contribution in [0.5, 0.6) is 0 Å². The molecule has 7 heteroatoms. The van der Waals surface area contributed by atoms with Gasteiger partial charge in [-0.3, -0.25) is 9.36 Å². The van der Waals surface area contributed by atoms with Gasteiger partial charge in [0.05, 0.1) is 18.3 Å². The van der Waals surface area contributed by atoms with Crippen LogP contribution in [0.15, 0.2) is 11.1 Å². The number of aryl methyl sites for hydroxylation is 2. The molecule has 124 valence electrons. The number of aromatic nitrogens is 2. The van der Waals surface area contributed by atoms with Gasteiger partial charge in [-0.1, -0.05) is 0 Å². The summed E-state index contributed by atoms with van der Waals surface area (Å²) in [4.78, 5) is 31.3. The summed E-state index contributed by atoms with van der Waals surface area (Å²) in [6.07, 6.45) is 5.65. The molecule has 3 rings (SSSR count). The molecular weight excluding hydrogens is 316 g/mol. The molecule has 0 saturated carbocycles. The van der Waals surface area contributed by atoms with Gasteiger partial charge in [-0.25, -0.2) is 9.78 Å². The van der Waals surface area contributed by atoms with Crippen molar-refractivity contribution in [2.75, 3.05) is 20.3 Å². The Kier molecular flexibility index (Phi) is 4.77. The number of carbonyl (C=O) groups is 1. The summed E-state index contributed by atoms with van der Waals surface area (Å²) in [7, 11) is 1.54. The molecule has 0 saturated heterocycles. The number of hydrogen-bond acceptors (Lipinski definition) is 6. The predicted molar refractivity (Wildman–Crippen MR) is 88.1 cm³/mol. The molecule has 0 aromatic carbocycles. The molecule has 2 heterocycles. The lowest BCUT2D eigenvalue weighted by Gasteiger charge is -2.14. The van der Waals surface area contributed by atoms with Crippen molar-refractivity contribution >= 4 is 27.5 Å². The second-order valence-corrected chi connectivity index (χ2v) is 6.77. The van der Waals surface area contributed by atoms with Crippen LogP contribution in [-0.4, -0.2) is 35.8 Å². The summed E-state index contributed by atoms with van der Waals surface area (Å²) < 4.78 is 11.3. The summed E-state index contributed by atoms with van der Waals surface area (Å²) in [5.41, 5.74) is 0.980. The van der Waals surface area contributed by atoms with E-state index in [2.05, 4.69) is 4.98 Å². The second kappa shape index (κ2) is 6.80. The van der Waals surface area contributed by atoms with Gasteiger partial charge < -0.3 is 9.47 Å². The number of hydrogen-bond donors (Lipinski definition) is 0. The molecule has 0 aliphatic heterocycles. The molecule has 1 aliphatic carbocycles. The van der Waals surface area contributed by atoms with Crippen molar-refractivity contribution in [2.45, 2.75) is 38.6 Å². The van der Waals surface area contributed by atoms with E-state index in [0.29, 0.717) is 12.0 Å². The molecule has 2 aromatic rings. The Bertz CT molecular complexity index is 780. The van der Waals surface area contributed by atoms with Crippen LogP contribution in [0.3, 0.4) is 0 Å². The number of esters is 1. The molecule has 1 aliphatic rings. The molecular formula is C16H20N2O4S. The lowest BCUT2D eigenvalue weighted by atomic mass is 9.97. The van der Waals surface area contributed by atoms with E-state index in [-0.39, 0.29) is 12.2 Å². The number of thiophene rings is 1. The summed E-state index contributed by atoms with van der Waals surface area (Å²) in [5.74, 6) is -0.450. The van der Waals surface area contributed by atoms with E-state index >= 15 is 0 Å². The zero-order chi connectivity index (χ0) is 16.4. The molecule has 0 radical (unpaired) electrons. The highest BCUT2D eigenvalue weighted by atomic mass is 32.1. The first-order chi connectivity index (χ1) is 11.1. The summed E-state index contributed by atoms with van der Waals surface area (Å²) in [6, 6.07) is -0.699. The first kappa shape index (κ1) is 16.1. The number of nitrogens with zero attached hydrogens (tertiary/aromatic N) is 2. The number of carbonyl (C=O) groups excluding carboxylic acids is 1. The minimum absolute atomic E-state index is 0.148. The monoisotopic (exact) mass is 336 g/mol. The minimum atomic E-state index is -0.699. The largest absolute Gasteiger partial charge is 0.462 e. The molecule has 6 nitrogen and oxygen atoms in total. The molecule has 0 unspecified atom stereocenters. The second-order valence-electron chi connectivity index (χ2n) is 5.68. The molecule has 1 atom stereocenters. The summed E-state index contributed by atoms with van der Waals surface area (Å²) in [5, 5.41) is 0.684. The highest BCUT2D eigenvalue weighted by Crippen LogP contribution is 2.33. The van der Waals surface area contributed by atoms with E-state index < -0.39 is 12.0 Å². The van der Waals surface area contributed by atoms with Crippen LogP contribution in [0.1, 0.15) is 36.2 Å². The Hall–Kier alpha value is -1.73. The topological polar surface area (TPSA) is 70.4 Å². The van der Waals surface area contributed by atoms with Crippen LogP contribution in [0.2, 0.25) is 0 Å². The third-order valence-corrected chi connectivity index (χ3v) is 5.39. The van der Waals surface area contributed by atoms with E-state index in [1.807, 2.05) is 0 Å². The maximum absolute atomic E-state index is 12.8. The van der Waals surface area contributed by atoms with Crippen LogP contribution < -0.4 is 5.56 Å². The van der Waals surface area contributed by atoms with Crippen LogP contribution in [0.25, 0.3) is 10.2 Å². The van der Waals surface area contributed by atoms with Crippen molar-refractivity contribution in [1.82, 2.24) is 9.55 Å². The third kappa shape index (κ3) is 3.03. The molecule has 0 bridgehead atoms. The Morgan fingerprint density at radius 2 is 2.17 bits per heavy atom. The maximum atomic E-state index is 12.8. The highest BCUT2D eigenvalue weighted by molar-refractivity contribution is 7.18. The van der Waals surface area contributed by atoms with Crippen LogP contribution >= 0.6 is 11.3 Å². The third-order valence-electron chi connectivity index (χ3n) is 4.19. The van der Waals surface area contributed by atoms with Gasteiger partial charge >= 0.3 is 5.97 Å². The zero-order valence-electron chi connectivity index (χ0n) is 13.3. The standard InChI is InChI=1S/C16H20N2O4S/c1-10(16(20)22-8-7-21-2)18-9-17-14-13(15(18)19)11-5-3-4-6-12(11)23-14/h9-10H,3-8H2,1-2H3/t10-/m0/s1. The smallest absolute Gasteiger partial charge is 0.329 e. The number of methoxy groups -OCH3 is 1. The van der Waals surface area contributed by atoms with Crippen molar-refractivity contribution in [2.24, 2.45) is 0 Å². The van der Waals surface area contributed by atoms with Gasteiger partial charge in [0.15, 0.2) is 0 Å². The Morgan fingerprint density at radius 3 is 2.96 bits per heavy atom. The van der Waals surface area contributed by atoms with Gasteiger partial charge in [0, 0.05) is 12.0 Å². The molecule has 23 heavy (non-hydrogen) atoms. The maximum Gasteiger partial charge on any atom is 0.329 e. The van der Waals surface area contributed by atoms with E-state index in [1.54, 1.807) is 25.4 Å². The van der Waals surface area contributed by atoms with E-state index in [0.717, 1.165) is 36.1 Å². The SMILES string of the molecule is COCCOC(=O)[C@H](C)n1cnc2sc3c(c2c1=O)CCCC3. The van der Waals surface area contributed by atoms with Crippen molar-refractivity contribution in [1.29, 1.82) is 0 Å². The molecule has 0 N–H and O–H groups in total. The first-order valence-corrected chi connectivity index (χ1v) is 8.62. The Balaban J connectivity index is 1.94. The van der Waals surface area contributed by atoms with Gasteiger partial charge in [0.2, 0.25) is 0 Å². The predicted octanol–water partition coefficient (Wildman–Crippen LogP) is 2.09. The van der Waals surface area contributed by atoms with Gasteiger partial charge in [-0.15, -0.1) is 11.3 Å². The van der Waals surface area contributed by atoms with Crippen LogP contribution in [-0.2, 0) is 27.1 Å². The van der Waals surface area contributed by atoms with Gasteiger partial charge in [0.1, 0.15) is 17.5 Å². The lowest BCUT2D eigenvalue weighted by molar-refractivity contribution is -0.148. The van der Waals surface area contributed by atoms with Gasteiger partial charge in [-0.05, 0) is 38.2 Å². The fourth-order valence-corrected chi connectivity index (χ4v) is 4.11. The molecule has 2 aromatic heterocycles. The van der Waals surface area contributed by atoms with Crippen LogP contribution in [0.4, 0.5) is 0 Å².